The number of nitrogens with one attached hydrogen (secondary N) is 2. The summed E-state index contributed by atoms with van der Waals surface area (Å²) in [6.07, 6.45) is 1.30. The third-order valence-corrected chi connectivity index (χ3v) is 5.74. The Kier molecular flexibility index (Phi) is 7.41. The van der Waals surface area contributed by atoms with Gasteiger partial charge < -0.3 is 4.74 Å². The lowest BCUT2D eigenvalue weighted by Crippen LogP contribution is -2.15. The number of benzene rings is 3. The second-order valence-electron chi connectivity index (χ2n) is 6.37. The molecule has 9 nitrogen and oxygen atoms in total. The van der Waals surface area contributed by atoms with Gasteiger partial charge in [0.25, 0.3) is 15.7 Å². The molecule has 0 spiro atoms. The minimum absolute atomic E-state index is 0.0315. The van der Waals surface area contributed by atoms with Gasteiger partial charge in [0, 0.05) is 22.8 Å². The number of ether oxygens (including phenoxy) is 1. The zero-order chi connectivity index (χ0) is 24.0. The van der Waals surface area contributed by atoms with Gasteiger partial charge in [-0.3, -0.25) is 20.3 Å². The Labute approximate surface area is 191 Å². The van der Waals surface area contributed by atoms with Crippen LogP contribution in [0.15, 0.2) is 76.7 Å². The molecule has 172 valence electrons. The summed E-state index contributed by atoms with van der Waals surface area (Å²) in [5, 5.41) is 15.5. The Balaban J connectivity index is 1.85. The number of nitrogens with zero attached hydrogens (tertiary/aromatic N) is 2. The van der Waals surface area contributed by atoms with Gasteiger partial charge in [-0.2, -0.15) is 13.9 Å². The van der Waals surface area contributed by atoms with Crippen LogP contribution < -0.4 is 14.9 Å². The van der Waals surface area contributed by atoms with Crippen molar-refractivity contribution in [3.8, 4) is 5.75 Å². The Morgan fingerprint density at radius 1 is 1.06 bits per heavy atom. The molecule has 0 saturated heterocycles. The van der Waals surface area contributed by atoms with E-state index in [2.05, 4.69) is 20.0 Å². The second-order valence-corrected chi connectivity index (χ2v) is 8.45. The van der Waals surface area contributed by atoms with E-state index in [1.807, 2.05) is 0 Å². The van der Waals surface area contributed by atoms with Gasteiger partial charge >= 0.3 is 6.61 Å². The fraction of sp³-hybridized carbons (Fsp3) is 0.0500. The average molecular weight is 497 g/mol. The molecule has 0 aliphatic rings. The maximum Gasteiger partial charge on any atom is 0.387 e. The van der Waals surface area contributed by atoms with Crippen molar-refractivity contribution < 1.29 is 26.9 Å². The number of rotatable bonds is 9. The van der Waals surface area contributed by atoms with Crippen molar-refractivity contribution in [3.05, 3.63) is 87.4 Å². The molecule has 3 rings (SSSR count). The SMILES string of the molecule is O=[N+]([O-])c1ccc(NN=Cc2ccc(OC(F)F)cc2)c(S(=O)(=O)Nc2ccc(Cl)cc2)c1. The van der Waals surface area contributed by atoms with Crippen LogP contribution in [0.1, 0.15) is 5.56 Å². The Morgan fingerprint density at radius 2 is 1.73 bits per heavy atom. The molecule has 0 aliphatic heterocycles. The maximum absolute atomic E-state index is 12.9. The van der Waals surface area contributed by atoms with Gasteiger partial charge in [-0.05, 0) is 60.2 Å². The summed E-state index contributed by atoms with van der Waals surface area (Å²) >= 11 is 5.80. The lowest BCUT2D eigenvalue weighted by Gasteiger charge is -2.12. The van der Waals surface area contributed by atoms with E-state index in [0.29, 0.717) is 10.6 Å². The van der Waals surface area contributed by atoms with E-state index in [4.69, 9.17) is 11.6 Å². The van der Waals surface area contributed by atoms with Crippen LogP contribution >= 0.6 is 11.6 Å². The van der Waals surface area contributed by atoms with Crippen molar-refractivity contribution in [1.82, 2.24) is 0 Å². The fourth-order valence-corrected chi connectivity index (χ4v) is 3.94. The van der Waals surface area contributed by atoms with Crippen molar-refractivity contribution in [3.63, 3.8) is 0 Å². The van der Waals surface area contributed by atoms with Crippen LogP contribution in [0.5, 0.6) is 5.75 Å². The summed E-state index contributed by atoms with van der Waals surface area (Å²) in [6, 6.07) is 14.6. The normalized spacial score (nSPS) is 11.5. The number of non-ortho nitro benzene ring substituents is 1. The quantitative estimate of drug-likeness (QED) is 0.241. The molecule has 0 radical (unpaired) electrons. The van der Waals surface area contributed by atoms with Gasteiger partial charge in [0.05, 0.1) is 16.8 Å². The van der Waals surface area contributed by atoms with Crippen molar-refractivity contribution in [2.24, 2.45) is 5.10 Å². The van der Waals surface area contributed by atoms with Gasteiger partial charge in [-0.15, -0.1) is 0 Å². The number of alkyl halides is 2. The molecule has 0 atom stereocenters. The standard InChI is InChI=1S/C20H15ClF2N4O5S/c21-14-3-5-15(6-4-14)26-33(30,31)19-11-16(27(28)29)7-10-18(19)25-24-12-13-1-8-17(9-2-13)32-20(22)23/h1-12,20,25-26H. The predicted octanol–water partition coefficient (Wildman–Crippen LogP) is 5.10. The van der Waals surface area contributed by atoms with E-state index in [0.717, 1.165) is 12.1 Å². The fourth-order valence-electron chi connectivity index (χ4n) is 2.58. The Hall–Kier alpha value is -3.77. The topological polar surface area (TPSA) is 123 Å². The van der Waals surface area contributed by atoms with Crippen molar-refractivity contribution in [1.29, 1.82) is 0 Å². The van der Waals surface area contributed by atoms with Gasteiger partial charge in [0.1, 0.15) is 10.6 Å². The summed E-state index contributed by atoms with van der Waals surface area (Å²) < 4.78 is 56.8. The molecule has 0 unspecified atom stereocenters. The van der Waals surface area contributed by atoms with E-state index >= 15 is 0 Å². The number of hydrogen-bond acceptors (Lipinski definition) is 7. The number of hydrazone groups is 1. The predicted molar refractivity (Wildman–Crippen MR) is 120 cm³/mol. The van der Waals surface area contributed by atoms with E-state index in [1.165, 1.54) is 60.8 Å². The van der Waals surface area contributed by atoms with Crippen LogP contribution in [0.25, 0.3) is 0 Å². The van der Waals surface area contributed by atoms with Crippen LogP contribution in [0.4, 0.5) is 25.8 Å². The second kappa shape index (κ2) is 10.2. The van der Waals surface area contributed by atoms with Crippen LogP contribution in [0, 0.1) is 10.1 Å². The van der Waals surface area contributed by atoms with Gasteiger partial charge in [-0.25, -0.2) is 8.42 Å². The van der Waals surface area contributed by atoms with E-state index in [1.54, 1.807) is 0 Å². The minimum atomic E-state index is -4.25. The van der Waals surface area contributed by atoms with E-state index in [-0.39, 0.29) is 17.1 Å². The lowest BCUT2D eigenvalue weighted by molar-refractivity contribution is -0.385. The largest absolute Gasteiger partial charge is 0.435 e. The smallest absolute Gasteiger partial charge is 0.387 e. The summed E-state index contributed by atoms with van der Waals surface area (Å²) in [5.74, 6) is -0.0351. The van der Waals surface area contributed by atoms with E-state index in [9.17, 15) is 27.3 Å². The van der Waals surface area contributed by atoms with E-state index < -0.39 is 32.1 Å². The first-order chi connectivity index (χ1) is 15.6. The minimum Gasteiger partial charge on any atom is -0.435 e. The summed E-state index contributed by atoms with van der Waals surface area (Å²) in [5.41, 5.74) is 2.76. The molecule has 3 aromatic carbocycles. The molecule has 2 N–H and O–H groups in total. The Morgan fingerprint density at radius 3 is 2.33 bits per heavy atom. The molecule has 0 fully saturated rings. The van der Waals surface area contributed by atoms with Crippen LogP contribution in [-0.4, -0.2) is 26.2 Å². The lowest BCUT2D eigenvalue weighted by atomic mass is 10.2. The summed E-state index contributed by atoms with van der Waals surface area (Å²) in [6.45, 7) is -2.95. The highest BCUT2D eigenvalue weighted by molar-refractivity contribution is 7.92. The summed E-state index contributed by atoms with van der Waals surface area (Å²) in [7, 11) is -4.25. The monoisotopic (exact) mass is 496 g/mol. The highest BCUT2D eigenvalue weighted by atomic mass is 35.5. The molecule has 0 bridgehead atoms. The van der Waals surface area contributed by atoms with Crippen LogP contribution in [0.2, 0.25) is 5.02 Å². The van der Waals surface area contributed by atoms with Gasteiger partial charge in [0.15, 0.2) is 0 Å². The first kappa shape index (κ1) is 23.9. The highest BCUT2D eigenvalue weighted by Crippen LogP contribution is 2.28. The Bertz CT molecular complexity index is 1270. The van der Waals surface area contributed by atoms with Crippen LogP contribution in [-0.2, 0) is 10.0 Å². The van der Waals surface area contributed by atoms with Gasteiger partial charge in [-0.1, -0.05) is 11.6 Å². The number of sulfonamides is 1. The van der Waals surface area contributed by atoms with Crippen molar-refractivity contribution >= 4 is 44.9 Å². The zero-order valence-electron chi connectivity index (χ0n) is 16.5. The van der Waals surface area contributed by atoms with Gasteiger partial charge in [0.2, 0.25) is 0 Å². The number of nitro groups is 1. The molecule has 0 aromatic heterocycles. The highest BCUT2D eigenvalue weighted by Gasteiger charge is 2.22. The third-order valence-electron chi connectivity index (χ3n) is 4.07. The molecule has 0 amide bonds. The third kappa shape index (κ3) is 6.60. The number of nitro benzene ring substituents is 1. The molecule has 13 heteroatoms. The molecule has 33 heavy (non-hydrogen) atoms. The molecular formula is C20H15ClF2N4O5S. The van der Waals surface area contributed by atoms with Crippen molar-refractivity contribution in [2.75, 3.05) is 10.1 Å². The zero-order valence-corrected chi connectivity index (χ0v) is 18.1. The average Bonchev–Trinajstić information content (AvgIpc) is 2.76. The number of hydrogen-bond donors (Lipinski definition) is 2. The number of halogens is 3. The first-order valence-electron chi connectivity index (χ1n) is 9.05. The molecule has 0 aliphatic carbocycles. The summed E-state index contributed by atoms with van der Waals surface area (Å²) in [4.78, 5) is 10.0. The molecule has 0 heterocycles. The first-order valence-corrected chi connectivity index (χ1v) is 10.9. The van der Waals surface area contributed by atoms with Crippen LogP contribution in [0.3, 0.4) is 0 Å². The molecule has 3 aromatic rings. The molecular weight excluding hydrogens is 482 g/mol. The van der Waals surface area contributed by atoms with Crippen molar-refractivity contribution in [2.45, 2.75) is 11.5 Å². The number of anilines is 2. The maximum atomic E-state index is 12.9. The molecule has 0 saturated carbocycles.